The first-order valence-corrected chi connectivity index (χ1v) is 5.97. The maximum absolute atomic E-state index is 12.2. The number of hydrogen-bond donors (Lipinski definition) is 0. The van der Waals surface area contributed by atoms with E-state index in [0.29, 0.717) is 5.56 Å². The number of benzene rings is 1. The van der Waals surface area contributed by atoms with Crippen LogP contribution in [0.15, 0.2) is 36.7 Å². The van der Waals surface area contributed by atoms with Crippen molar-refractivity contribution in [2.75, 3.05) is 6.61 Å². The van der Waals surface area contributed by atoms with E-state index in [2.05, 4.69) is 4.98 Å². The maximum Gasteiger partial charge on any atom is 0.189 e. The highest BCUT2D eigenvalue weighted by atomic mass is 16.5. The van der Waals surface area contributed by atoms with Crippen LogP contribution in [0.1, 0.15) is 31.1 Å². The Labute approximate surface area is 107 Å². The van der Waals surface area contributed by atoms with Crippen LogP contribution in [0.3, 0.4) is 0 Å². The SMILES string of the molecule is CC(C)(C)OCC(=O)c1cccc2ccncc12. The second-order valence-corrected chi connectivity index (χ2v) is 5.23. The Hall–Kier alpha value is -1.74. The summed E-state index contributed by atoms with van der Waals surface area (Å²) in [5, 5.41) is 1.90. The molecular formula is C15H17NO2. The Morgan fingerprint density at radius 1 is 1.28 bits per heavy atom. The lowest BCUT2D eigenvalue weighted by Crippen LogP contribution is -2.23. The Morgan fingerprint density at radius 2 is 2.06 bits per heavy atom. The van der Waals surface area contributed by atoms with Crippen LogP contribution in [0.5, 0.6) is 0 Å². The summed E-state index contributed by atoms with van der Waals surface area (Å²) < 4.78 is 5.52. The molecule has 0 saturated carbocycles. The van der Waals surface area contributed by atoms with Gasteiger partial charge in [-0.3, -0.25) is 9.78 Å². The molecule has 2 rings (SSSR count). The third-order valence-electron chi connectivity index (χ3n) is 2.62. The Kier molecular flexibility index (Phi) is 3.43. The van der Waals surface area contributed by atoms with Gasteiger partial charge in [-0.1, -0.05) is 18.2 Å². The smallest absolute Gasteiger partial charge is 0.189 e. The summed E-state index contributed by atoms with van der Waals surface area (Å²) in [6, 6.07) is 7.57. The Balaban J connectivity index is 2.28. The fourth-order valence-corrected chi connectivity index (χ4v) is 1.72. The summed E-state index contributed by atoms with van der Waals surface area (Å²) in [5.74, 6) is -0.0106. The minimum absolute atomic E-state index is 0.0106. The number of rotatable bonds is 3. The van der Waals surface area contributed by atoms with Gasteiger partial charge in [-0.15, -0.1) is 0 Å². The van der Waals surface area contributed by atoms with Gasteiger partial charge < -0.3 is 4.74 Å². The molecule has 0 radical (unpaired) electrons. The zero-order chi connectivity index (χ0) is 13.2. The van der Waals surface area contributed by atoms with Crippen molar-refractivity contribution >= 4 is 16.6 Å². The molecule has 0 unspecified atom stereocenters. The van der Waals surface area contributed by atoms with Crippen molar-refractivity contribution in [1.82, 2.24) is 4.98 Å². The molecule has 1 aromatic carbocycles. The van der Waals surface area contributed by atoms with Gasteiger partial charge in [0.05, 0.1) is 5.60 Å². The van der Waals surface area contributed by atoms with Crippen molar-refractivity contribution < 1.29 is 9.53 Å². The highest BCUT2D eigenvalue weighted by Gasteiger charge is 2.15. The van der Waals surface area contributed by atoms with E-state index in [1.54, 1.807) is 12.4 Å². The lowest BCUT2D eigenvalue weighted by molar-refractivity contribution is 0.00313. The minimum Gasteiger partial charge on any atom is -0.368 e. The highest BCUT2D eigenvalue weighted by Crippen LogP contribution is 2.18. The number of hydrogen-bond acceptors (Lipinski definition) is 3. The average molecular weight is 243 g/mol. The van der Waals surface area contributed by atoms with Crippen LogP contribution in [0.4, 0.5) is 0 Å². The van der Waals surface area contributed by atoms with Crippen LogP contribution in [0.25, 0.3) is 10.8 Å². The average Bonchev–Trinajstić information content (AvgIpc) is 2.34. The van der Waals surface area contributed by atoms with E-state index in [-0.39, 0.29) is 18.0 Å². The zero-order valence-electron chi connectivity index (χ0n) is 10.9. The molecule has 0 saturated heterocycles. The number of Topliss-reactive ketones (excluding diaryl/α,β-unsaturated/α-hetero) is 1. The third-order valence-corrected chi connectivity index (χ3v) is 2.62. The Morgan fingerprint density at radius 3 is 2.78 bits per heavy atom. The van der Waals surface area contributed by atoms with Crippen LogP contribution in [0, 0.1) is 0 Å². The molecule has 0 fully saturated rings. The van der Waals surface area contributed by atoms with Crippen LogP contribution >= 0.6 is 0 Å². The maximum atomic E-state index is 12.2. The van der Waals surface area contributed by atoms with Gasteiger partial charge >= 0.3 is 0 Å². The summed E-state index contributed by atoms with van der Waals surface area (Å²) in [4.78, 5) is 16.2. The molecule has 1 heterocycles. The number of carbonyl (C=O) groups excluding carboxylic acids is 1. The monoisotopic (exact) mass is 243 g/mol. The van der Waals surface area contributed by atoms with Gasteiger partial charge in [0.1, 0.15) is 6.61 Å². The topological polar surface area (TPSA) is 39.2 Å². The van der Waals surface area contributed by atoms with E-state index in [1.807, 2.05) is 45.0 Å². The van der Waals surface area contributed by atoms with E-state index in [0.717, 1.165) is 10.8 Å². The molecule has 3 heteroatoms. The van der Waals surface area contributed by atoms with E-state index < -0.39 is 0 Å². The first-order chi connectivity index (χ1) is 8.47. The van der Waals surface area contributed by atoms with E-state index in [9.17, 15) is 4.79 Å². The van der Waals surface area contributed by atoms with Gasteiger partial charge in [0.2, 0.25) is 0 Å². The van der Waals surface area contributed by atoms with Gasteiger partial charge in [0.25, 0.3) is 0 Å². The molecule has 2 aromatic rings. The number of nitrogens with zero attached hydrogens (tertiary/aromatic N) is 1. The number of carbonyl (C=O) groups is 1. The van der Waals surface area contributed by atoms with E-state index in [4.69, 9.17) is 4.74 Å². The van der Waals surface area contributed by atoms with Crippen molar-refractivity contribution in [2.45, 2.75) is 26.4 Å². The van der Waals surface area contributed by atoms with Crippen molar-refractivity contribution in [3.05, 3.63) is 42.2 Å². The van der Waals surface area contributed by atoms with Gasteiger partial charge in [-0.2, -0.15) is 0 Å². The highest BCUT2D eigenvalue weighted by molar-refractivity contribution is 6.08. The number of ether oxygens (including phenoxy) is 1. The molecule has 0 aliphatic heterocycles. The summed E-state index contributed by atoms with van der Waals surface area (Å²) in [7, 11) is 0. The quantitative estimate of drug-likeness (QED) is 0.777. The van der Waals surface area contributed by atoms with Crippen molar-refractivity contribution in [1.29, 1.82) is 0 Å². The van der Waals surface area contributed by atoms with Gasteiger partial charge in [0, 0.05) is 23.3 Å². The standard InChI is InChI=1S/C15H17NO2/c1-15(2,3)18-10-14(17)12-6-4-5-11-7-8-16-9-13(11)12/h4-9H,10H2,1-3H3. The van der Waals surface area contributed by atoms with E-state index >= 15 is 0 Å². The first kappa shape index (κ1) is 12.7. The molecule has 0 bridgehead atoms. The zero-order valence-corrected chi connectivity index (χ0v) is 10.9. The first-order valence-electron chi connectivity index (χ1n) is 5.97. The fraction of sp³-hybridized carbons (Fsp3) is 0.333. The van der Waals surface area contributed by atoms with Crippen LogP contribution in [-0.2, 0) is 4.74 Å². The minimum atomic E-state index is -0.307. The molecule has 1 aromatic heterocycles. The number of ketones is 1. The summed E-state index contributed by atoms with van der Waals surface area (Å²) in [5.41, 5.74) is 0.364. The summed E-state index contributed by atoms with van der Waals surface area (Å²) in [6.45, 7) is 5.90. The molecule has 0 atom stereocenters. The fourth-order valence-electron chi connectivity index (χ4n) is 1.72. The van der Waals surface area contributed by atoms with Gasteiger partial charge in [-0.25, -0.2) is 0 Å². The molecule has 0 N–H and O–H groups in total. The predicted octanol–water partition coefficient (Wildman–Crippen LogP) is 3.23. The molecule has 18 heavy (non-hydrogen) atoms. The number of pyridine rings is 1. The van der Waals surface area contributed by atoms with Crippen molar-refractivity contribution in [3.63, 3.8) is 0 Å². The molecule has 0 aliphatic carbocycles. The Bertz CT molecular complexity index is 565. The third kappa shape index (κ3) is 2.93. The molecule has 3 nitrogen and oxygen atoms in total. The largest absolute Gasteiger partial charge is 0.368 e. The lowest BCUT2D eigenvalue weighted by atomic mass is 10.0. The number of fused-ring (bicyclic) bond motifs is 1. The van der Waals surface area contributed by atoms with E-state index in [1.165, 1.54) is 0 Å². The molecule has 0 amide bonds. The van der Waals surface area contributed by atoms with Gasteiger partial charge in [-0.05, 0) is 32.2 Å². The van der Waals surface area contributed by atoms with Gasteiger partial charge in [0.15, 0.2) is 5.78 Å². The summed E-state index contributed by atoms with van der Waals surface area (Å²) in [6.07, 6.45) is 3.45. The van der Waals surface area contributed by atoms with Crippen molar-refractivity contribution in [3.8, 4) is 0 Å². The van der Waals surface area contributed by atoms with Crippen LogP contribution < -0.4 is 0 Å². The molecule has 0 spiro atoms. The molecule has 94 valence electrons. The van der Waals surface area contributed by atoms with Crippen molar-refractivity contribution in [2.24, 2.45) is 0 Å². The molecular weight excluding hydrogens is 226 g/mol. The summed E-state index contributed by atoms with van der Waals surface area (Å²) >= 11 is 0. The normalized spacial score (nSPS) is 11.7. The second kappa shape index (κ2) is 4.86. The van der Waals surface area contributed by atoms with Crippen LogP contribution in [0.2, 0.25) is 0 Å². The lowest BCUT2D eigenvalue weighted by Gasteiger charge is -2.19. The molecule has 0 aliphatic rings. The second-order valence-electron chi connectivity index (χ2n) is 5.23. The van der Waals surface area contributed by atoms with Crippen LogP contribution in [-0.4, -0.2) is 23.0 Å². The predicted molar refractivity (Wildman–Crippen MR) is 71.8 cm³/mol. The number of aromatic nitrogens is 1.